The monoisotopic (exact) mass is 224 g/mol. The first-order valence-corrected chi connectivity index (χ1v) is 6.72. The molecule has 1 aliphatic heterocycles. The fourth-order valence-electron chi connectivity index (χ4n) is 3.24. The van der Waals surface area contributed by atoms with E-state index in [0.717, 1.165) is 19.5 Å². The third kappa shape index (κ3) is 2.10. The van der Waals surface area contributed by atoms with Crippen LogP contribution in [0.2, 0.25) is 0 Å². The highest BCUT2D eigenvalue weighted by atomic mass is 16.2. The van der Waals surface area contributed by atoms with Crippen molar-refractivity contribution in [3.8, 4) is 0 Å². The molecule has 0 radical (unpaired) electrons. The van der Waals surface area contributed by atoms with E-state index in [4.69, 9.17) is 0 Å². The van der Waals surface area contributed by atoms with Crippen molar-refractivity contribution in [2.45, 2.75) is 64.0 Å². The van der Waals surface area contributed by atoms with Gasteiger partial charge in [0.25, 0.3) is 0 Å². The fraction of sp³-hybridized carbons (Fsp3) is 0.923. The third-order valence-electron chi connectivity index (χ3n) is 4.24. The molecule has 1 atom stereocenters. The van der Waals surface area contributed by atoms with Gasteiger partial charge < -0.3 is 10.2 Å². The van der Waals surface area contributed by atoms with Crippen LogP contribution in [0.5, 0.6) is 0 Å². The van der Waals surface area contributed by atoms with Crippen LogP contribution in [0, 0.1) is 0 Å². The van der Waals surface area contributed by atoms with Crippen molar-refractivity contribution in [3.05, 3.63) is 0 Å². The third-order valence-corrected chi connectivity index (χ3v) is 4.24. The van der Waals surface area contributed by atoms with Gasteiger partial charge in [-0.2, -0.15) is 0 Å². The number of rotatable bonds is 3. The molecule has 1 saturated heterocycles. The van der Waals surface area contributed by atoms with E-state index >= 15 is 0 Å². The molecule has 0 bridgehead atoms. The molecule has 2 fully saturated rings. The minimum atomic E-state index is 0.0868. The van der Waals surface area contributed by atoms with Gasteiger partial charge in [0, 0.05) is 12.1 Å². The van der Waals surface area contributed by atoms with E-state index in [2.05, 4.69) is 24.1 Å². The molecule has 0 aromatic rings. The molecule has 0 aromatic heterocycles. The van der Waals surface area contributed by atoms with Gasteiger partial charge in [0.05, 0.1) is 6.04 Å². The van der Waals surface area contributed by atoms with Crippen molar-refractivity contribution in [3.63, 3.8) is 0 Å². The number of carbonyl (C=O) groups excluding carboxylic acids is 1. The molecule has 3 nitrogen and oxygen atoms in total. The minimum Gasteiger partial charge on any atom is -0.336 e. The van der Waals surface area contributed by atoms with Gasteiger partial charge in [-0.05, 0) is 32.7 Å². The zero-order valence-corrected chi connectivity index (χ0v) is 10.6. The summed E-state index contributed by atoms with van der Waals surface area (Å²) in [5.41, 5.74) is 0.152. The van der Waals surface area contributed by atoms with Gasteiger partial charge in [-0.25, -0.2) is 0 Å². The van der Waals surface area contributed by atoms with E-state index < -0.39 is 0 Å². The van der Waals surface area contributed by atoms with Crippen molar-refractivity contribution in [2.75, 3.05) is 13.1 Å². The number of nitrogens with one attached hydrogen (secondary N) is 1. The lowest BCUT2D eigenvalue weighted by Gasteiger charge is -2.42. The Balaban J connectivity index is 2.02. The van der Waals surface area contributed by atoms with Gasteiger partial charge in [0.2, 0.25) is 5.91 Å². The van der Waals surface area contributed by atoms with Crippen molar-refractivity contribution in [2.24, 2.45) is 0 Å². The summed E-state index contributed by atoms with van der Waals surface area (Å²) in [6.07, 6.45) is 7.28. The first-order chi connectivity index (χ1) is 7.67. The molecule has 1 aliphatic carbocycles. The average molecular weight is 224 g/mol. The summed E-state index contributed by atoms with van der Waals surface area (Å²) in [7, 11) is 0. The molecular formula is C13H24N2O. The second kappa shape index (κ2) is 4.74. The molecule has 1 unspecified atom stereocenters. The number of likely N-dealkylation sites (tertiary alicyclic amines) is 1. The molecule has 1 N–H and O–H groups in total. The Labute approximate surface area is 98.6 Å². The summed E-state index contributed by atoms with van der Waals surface area (Å²) >= 11 is 0. The summed E-state index contributed by atoms with van der Waals surface area (Å²) in [6, 6.07) is 0.0868. The molecule has 0 aromatic carbocycles. The van der Waals surface area contributed by atoms with E-state index in [1.54, 1.807) is 0 Å². The van der Waals surface area contributed by atoms with Crippen molar-refractivity contribution < 1.29 is 4.79 Å². The zero-order valence-electron chi connectivity index (χ0n) is 10.6. The van der Waals surface area contributed by atoms with E-state index in [1.165, 1.54) is 32.1 Å². The number of nitrogens with zero attached hydrogens (tertiary/aromatic N) is 1. The van der Waals surface area contributed by atoms with Gasteiger partial charge in [0.1, 0.15) is 0 Å². The highest BCUT2D eigenvalue weighted by Crippen LogP contribution is 2.35. The number of likely N-dealkylation sites (N-methyl/N-ethyl adjacent to an activating group) is 1. The maximum absolute atomic E-state index is 12.3. The lowest BCUT2D eigenvalue weighted by Crippen LogP contribution is -2.51. The summed E-state index contributed by atoms with van der Waals surface area (Å²) in [5, 5.41) is 3.29. The van der Waals surface area contributed by atoms with Crippen LogP contribution >= 0.6 is 0 Å². The Morgan fingerprint density at radius 2 is 2.06 bits per heavy atom. The van der Waals surface area contributed by atoms with Crippen LogP contribution in [0.3, 0.4) is 0 Å². The van der Waals surface area contributed by atoms with Gasteiger partial charge in [-0.3, -0.25) is 4.79 Å². The summed E-state index contributed by atoms with van der Waals surface area (Å²) in [4.78, 5) is 14.4. The van der Waals surface area contributed by atoms with Gasteiger partial charge in [0.15, 0.2) is 0 Å². The van der Waals surface area contributed by atoms with E-state index in [0.29, 0.717) is 5.91 Å². The highest BCUT2D eigenvalue weighted by Gasteiger charge is 2.42. The predicted molar refractivity (Wildman–Crippen MR) is 65.3 cm³/mol. The van der Waals surface area contributed by atoms with Crippen LogP contribution in [0.4, 0.5) is 0 Å². The Kier molecular flexibility index (Phi) is 3.53. The van der Waals surface area contributed by atoms with Crippen LogP contribution in [0.15, 0.2) is 0 Å². The number of hydrogen-bond donors (Lipinski definition) is 1. The van der Waals surface area contributed by atoms with Crippen LogP contribution in [0.25, 0.3) is 0 Å². The minimum absolute atomic E-state index is 0.0868. The molecule has 2 aliphatic rings. The smallest absolute Gasteiger partial charge is 0.240 e. The normalized spacial score (nSPS) is 29.8. The first-order valence-electron chi connectivity index (χ1n) is 6.72. The Bertz CT molecular complexity index is 259. The molecule has 0 spiro atoms. The number of hydrogen-bond acceptors (Lipinski definition) is 2. The lowest BCUT2D eigenvalue weighted by atomic mass is 9.82. The first kappa shape index (κ1) is 11.9. The summed E-state index contributed by atoms with van der Waals surface area (Å²) in [6.45, 7) is 6.19. The largest absolute Gasteiger partial charge is 0.336 e. The van der Waals surface area contributed by atoms with Crippen LogP contribution in [0.1, 0.15) is 52.4 Å². The van der Waals surface area contributed by atoms with Crippen molar-refractivity contribution in [1.29, 1.82) is 0 Å². The molecule has 16 heavy (non-hydrogen) atoms. The summed E-state index contributed by atoms with van der Waals surface area (Å²) in [5.74, 6) is 0.339. The predicted octanol–water partition coefficient (Wildman–Crippen LogP) is 1.92. The maximum Gasteiger partial charge on any atom is 0.240 e. The quantitative estimate of drug-likeness (QED) is 0.794. The Morgan fingerprint density at radius 3 is 2.69 bits per heavy atom. The maximum atomic E-state index is 12.3. The average Bonchev–Trinajstić information content (AvgIpc) is 2.63. The molecule has 92 valence electrons. The molecule has 1 saturated carbocycles. The standard InChI is InChI=1S/C13H24N2O/c1-3-14-11-7-10-15(12(11)16)13(2)8-5-4-6-9-13/h11,14H,3-10H2,1-2H3. The van der Waals surface area contributed by atoms with E-state index in [9.17, 15) is 4.79 Å². The molecular weight excluding hydrogens is 200 g/mol. The van der Waals surface area contributed by atoms with Crippen molar-refractivity contribution >= 4 is 5.91 Å². The fourth-order valence-corrected chi connectivity index (χ4v) is 3.24. The second-order valence-electron chi connectivity index (χ2n) is 5.45. The van der Waals surface area contributed by atoms with Crippen LogP contribution < -0.4 is 5.32 Å². The number of amides is 1. The highest BCUT2D eigenvalue weighted by molar-refractivity contribution is 5.84. The van der Waals surface area contributed by atoms with Crippen LogP contribution in [-0.4, -0.2) is 35.5 Å². The molecule has 2 rings (SSSR count). The van der Waals surface area contributed by atoms with Crippen LogP contribution in [-0.2, 0) is 4.79 Å². The second-order valence-corrected chi connectivity index (χ2v) is 5.45. The van der Waals surface area contributed by atoms with E-state index in [1.807, 2.05) is 0 Å². The van der Waals surface area contributed by atoms with Gasteiger partial charge >= 0.3 is 0 Å². The van der Waals surface area contributed by atoms with E-state index in [-0.39, 0.29) is 11.6 Å². The molecule has 1 amide bonds. The zero-order chi connectivity index (χ0) is 11.6. The molecule has 1 heterocycles. The number of carbonyl (C=O) groups is 1. The van der Waals surface area contributed by atoms with Gasteiger partial charge in [-0.1, -0.05) is 26.2 Å². The SMILES string of the molecule is CCNC1CCN(C2(C)CCCCC2)C1=O. The lowest BCUT2D eigenvalue weighted by molar-refractivity contribution is -0.135. The van der Waals surface area contributed by atoms with Crippen molar-refractivity contribution in [1.82, 2.24) is 10.2 Å². The topological polar surface area (TPSA) is 32.3 Å². The summed E-state index contributed by atoms with van der Waals surface area (Å²) < 4.78 is 0. The molecule has 3 heteroatoms. The Hall–Kier alpha value is -0.570. The Morgan fingerprint density at radius 1 is 1.38 bits per heavy atom. The van der Waals surface area contributed by atoms with Gasteiger partial charge in [-0.15, -0.1) is 0 Å².